The van der Waals surface area contributed by atoms with Crippen LogP contribution in [0.3, 0.4) is 0 Å². The molecule has 1 aliphatic heterocycles. The molecule has 3 heteroatoms. The van der Waals surface area contributed by atoms with Crippen LogP contribution in [0.1, 0.15) is 6.92 Å². The Balaban J connectivity index is 2.32. The Bertz CT molecular complexity index is 140. The zero-order chi connectivity index (χ0) is 6.53. The second-order valence-corrected chi connectivity index (χ2v) is 1.54. The smallest absolute Gasteiger partial charge is 0.228 e. The van der Waals surface area contributed by atoms with Crippen LogP contribution in [-0.4, -0.2) is 6.54 Å². The molecule has 0 unspecified atom stereocenters. The molecule has 3 nitrogen and oxygen atoms in total. The predicted molar refractivity (Wildman–Crippen MR) is 33.1 cm³/mol. The average molecular weight is 127 g/mol. The molecule has 1 N–H and O–H groups in total. The van der Waals surface area contributed by atoms with E-state index in [0.717, 1.165) is 6.54 Å². The Labute approximate surface area is 54.0 Å². The first kappa shape index (κ1) is 6.01. The number of hydrogen-bond acceptors (Lipinski definition) is 3. The van der Waals surface area contributed by atoms with Crippen LogP contribution in [0.5, 0.6) is 0 Å². The molecule has 0 saturated carbocycles. The van der Waals surface area contributed by atoms with Crippen LogP contribution in [-0.2, 0) is 9.47 Å². The first-order valence-corrected chi connectivity index (χ1v) is 2.84. The van der Waals surface area contributed by atoms with E-state index in [0.29, 0.717) is 5.88 Å². The molecule has 0 aliphatic carbocycles. The van der Waals surface area contributed by atoms with Crippen molar-refractivity contribution in [2.45, 2.75) is 6.92 Å². The summed E-state index contributed by atoms with van der Waals surface area (Å²) >= 11 is 0. The minimum absolute atomic E-state index is 0.653. The van der Waals surface area contributed by atoms with Crippen molar-refractivity contribution < 1.29 is 9.47 Å². The molecule has 50 valence electrons. The summed E-state index contributed by atoms with van der Waals surface area (Å²) < 4.78 is 9.77. The largest absolute Gasteiger partial charge is 0.464 e. The fourth-order valence-corrected chi connectivity index (χ4v) is 0.520. The van der Waals surface area contributed by atoms with Crippen molar-refractivity contribution in [2.75, 3.05) is 6.54 Å². The van der Waals surface area contributed by atoms with Crippen molar-refractivity contribution in [3.8, 4) is 0 Å². The Morgan fingerprint density at radius 2 is 2.44 bits per heavy atom. The number of ether oxygens (including phenoxy) is 2. The second kappa shape index (κ2) is 3.02. The van der Waals surface area contributed by atoms with Gasteiger partial charge in [0.05, 0.1) is 0 Å². The average Bonchev–Trinajstić information content (AvgIpc) is 1.91. The lowest BCUT2D eigenvalue weighted by Crippen LogP contribution is -2.14. The number of nitrogens with one attached hydrogen (secondary N) is 1. The van der Waals surface area contributed by atoms with E-state index < -0.39 is 0 Å². The second-order valence-electron chi connectivity index (χ2n) is 1.54. The van der Waals surface area contributed by atoms with E-state index in [1.54, 1.807) is 0 Å². The highest BCUT2D eigenvalue weighted by Gasteiger charge is 1.95. The molecule has 1 rings (SSSR count). The Kier molecular flexibility index (Phi) is 2.01. The summed E-state index contributed by atoms with van der Waals surface area (Å²) in [5.41, 5.74) is 0. The molecule has 0 spiro atoms. The molecule has 0 saturated heterocycles. The Hall–Kier alpha value is -1.12. The highest BCUT2D eigenvalue weighted by atomic mass is 16.5. The van der Waals surface area contributed by atoms with E-state index in [-0.39, 0.29) is 0 Å². The molecule has 0 atom stereocenters. The summed E-state index contributed by atoms with van der Waals surface area (Å²) in [5.74, 6) is 0.653. The van der Waals surface area contributed by atoms with Crippen LogP contribution in [0.25, 0.3) is 0 Å². The third kappa shape index (κ3) is 1.68. The van der Waals surface area contributed by atoms with Crippen molar-refractivity contribution >= 4 is 0 Å². The lowest BCUT2D eigenvalue weighted by atomic mass is 10.7. The SMILES string of the molecule is CCNC1=COC=CO1. The van der Waals surface area contributed by atoms with Crippen LogP contribution in [0.4, 0.5) is 0 Å². The van der Waals surface area contributed by atoms with Crippen LogP contribution in [0.2, 0.25) is 0 Å². The molecule has 1 heterocycles. The molecule has 0 aromatic heterocycles. The molecule has 0 aromatic rings. The lowest BCUT2D eigenvalue weighted by molar-refractivity contribution is 0.235. The third-order valence-electron chi connectivity index (χ3n) is 0.855. The molecule has 0 amide bonds. The first-order valence-electron chi connectivity index (χ1n) is 2.84. The molecular formula is C6H9NO2. The fraction of sp³-hybridized carbons (Fsp3) is 0.333. The molecule has 0 bridgehead atoms. The Morgan fingerprint density at radius 3 is 3.00 bits per heavy atom. The normalized spacial score (nSPS) is 15.4. The summed E-state index contributed by atoms with van der Waals surface area (Å²) in [7, 11) is 0. The van der Waals surface area contributed by atoms with Gasteiger partial charge in [-0.1, -0.05) is 0 Å². The number of hydrogen-bond donors (Lipinski definition) is 1. The summed E-state index contributed by atoms with van der Waals surface area (Å²) in [6.07, 6.45) is 4.47. The van der Waals surface area contributed by atoms with Crippen molar-refractivity contribution in [1.29, 1.82) is 0 Å². The van der Waals surface area contributed by atoms with Gasteiger partial charge in [0.1, 0.15) is 12.5 Å². The summed E-state index contributed by atoms with van der Waals surface area (Å²) in [6, 6.07) is 0. The first-order chi connectivity index (χ1) is 4.43. The van der Waals surface area contributed by atoms with Crippen molar-refractivity contribution in [1.82, 2.24) is 5.32 Å². The Morgan fingerprint density at radius 1 is 1.56 bits per heavy atom. The van der Waals surface area contributed by atoms with Crippen LogP contribution >= 0.6 is 0 Å². The molecule has 0 radical (unpaired) electrons. The third-order valence-corrected chi connectivity index (χ3v) is 0.855. The van der Waals surface area contributed by atoms with Gasteiger partial charge in [-0.3, -0.25) is 0 Å². The van der Waals surface area contributed by atoms with Gasteiger partial charge < -0.3 is 14.8 Å². The van der Waals surface area contributed by atoms with Gasteiger partial charge in [-0.05, 0) is 6.92 Å². The van der Waals surface area contributed by atoms with E-state index in [9.17, 15) is 0 Å². The van der Waals surface area contributed by atoms with Gasteiger partial charge in [-0.2, -0.15) is 0 Å². The molecule has 0 fully saturated rings. The van der Waals surface area contributed by atoms with Gasteiger partial charge in [0.25, 0.3) is 0 Å². The quantitative estimate of drug-likeness (QED) is 0.598. The molecular weight excluding hydrogens is 118 g/mol. The topological polar surface area (TPSA) is 30.5 Å². The van der Waals surface area contributed by atoms with Crippen LogP contribution < -0.4 is 5.32 Å². The molecule has 9 heavy (non-hydrogen) atoms. The predicted octanol–water partition coefficient (Wildman–Crippen LogP) is 0.913. The van der Waals surface area contributed by atoms with Gasteiger partial charge in [0.2, 0.25) is 5.88 Å². The van der Waals surface area contributed by atoms with Gasteiger partial charge in [0.15, 0.2) is 6.26 Å². The standard InChI is InChI=1S/C6H9NO2/c1-2-7-6-5-8-3-4-9-6/h3-5,7H,2H2,1H3. The van der Waals surface area contributed by atoms with E-state index in [2.05, 4.69) is 5.32 Å². The van der Waals surface area contributed by atoms with E-state index in [1.807, 2.05) is 6.92 Å². The van der Waals surface area contributed by atoms with Gasteiger partial charge in [-0.25, -0.2) is 0 Å². The summed E-state index contributed by atoms with van der Waals surface area (Å²) in [6.45, 7) is 2.82. The maximum absolute atomic E-state index is 4.96. The van der Waals surface area contributed by atoms with Crippen molar-refractivity contribution in [3.05, 3.63) is 24.7 Å². The highest BCUT2D eigenvalue weighted by molar-refractivity contribution is 4.91. The van der Waals surface area contributed by atoms with Crippen molar-refractivity contribution in [3.63, 3.8) is 0 Å². The summed E-state index contributed by atoms with van der Waals surface area (Å²) in [5, 5.41) is 2.95. The highest BCUT2D eigenvalue weighted by Crippen LogP contribution is 1.99. The minimum atomic E-state index is 0.653. The zero-order valence-corrected chi connectivity index (χ0v) is 5.26. The lowest BCUT2D eigenvalue weighted by Gasteiger charge is -2.09. The van der Waals surface area contributed by atoms with Crippen molar-refractivity contribution in [2.24, 2.45) is 0 Å². The molecule has 1 aliphatic rings. The van der Waals surface area contributed by atoms with Gasteiger partial charge in [0, 0.05) is 6.54 Å². The summed E-state index contributed by atoms with van der Waals surface area (Å²) in [4.78, 5) is 0. The monoisotopic (exact) mass is 127 g/mol. The van der Waals surface area contributed by atoms with Gasteiger partial charge in [-0.15, -0.1) is 0 Å². The number of rotatable bonds is 2. The van der Waals surface area contributed by atoms with E-state index in [1.165, 1.54) is 18.8 Å². The van der Waals surface area contributed by atoms with Gasteiger partial charge >= 0.3 is 0 Å². The van der Waals surface area contributed by atoms with Crippen LogP contribution in [0.15, 0.2) is 24.7 Å². The van der Waals surface area contributed by atoms with E-state index in [4.69, 9.17) is 9.47 Å². The maximum Gasteiger partial charge on any atom is 0.228 e. The zero-order valence-electron chi connectivity index (χ0n) is 5.26. The van der Waals surface area contributed by atoms with Crippen LogP contribution in [0, 0.1) is 0 Å². The minimum Gasteiger partial charge on any atom is -0.464 e. The van der Waals surface area contributed by atoms with E-state index >= 15 is 0 Å². The maximum atomic E-state index is 4.96. The molecule has 0 aromatic carbocycles. The fourth-order valence-electron chi connectivity index (χ4n) is 0.520.